The van der Waals surface area contributed by atoms with E-state index in [0.717, 1.165) is 93.7 Å². The first-order chi connectivity index (χ1) is 31.4. The number of hydrogen-bond donors (Lipinski definition) is 0. The highest BCUT2D eigenvalue weighted by molar-refractivity contribution is 5.76. The van der Waals surface area contributed by atoms with Crippen molar-refractivity contribution in [3.63, 3.8) is 0 Å². The van der Waals surface area contributed by atoms with Gasteiger partial charge in [0.2, 0.25) is 0 Å². The zero-order valence-electron chi connectivity index (χ0n) is 40.4. The predicted molar refractivity (Wildman–Crippen MR) is 241 cm³/mol. The fraction of sp³-hybridized carbons (Fsp3) is 0.927. The van der Waals surface area contributed by atoms with E-state index in [2.05, 4.69) is 0 Å². The van der Waals surface area contributed by atoms with E-state index in [0.29, 0.717) is 71.0 Å². The monoisotopic (exact) mass is 903 g/mol. The summed E-state index contributed by atoms with van der Waals surface area (Å²) in [5.41, 5.74) is -0.416. The second-order valence-corrected chi connectivity index (χ2v) is 25.3. The topological polar surface area (TPSA) is 124 Å². The lowest BCUT2D eigenvalue weighted by Gasteiger charge is -2.41. The normalized spacial score (nSPS) is 47.5. The van der Waals surface area contributed by atoms with Gasteiger partial charge in [0.05, 0.1) is 36.4 Å². The van der Waals surface area contributed by atoms with Crippen molar-refractivity contribution < 1.29 is 47.6 Å². The third-order valence-corrected chi connectivity index (χ3v) is 22.1. The molecule has 0 N–H and O–H groups in total. The molecule has 362 valence electrons. The number of esters is 4. The Labute approximate surface area is 389 Å². The van der Waals surface area contributed by atoms with Gasteiger partial charge in [-0.15, -0.1) is 0 Å². The number of carbonyl (C=O) groups is 4. The first-order valence-corrected chi connectivity index (χ1v) is 27.3. The molecule has 12 rings (SSSR count). The number of rotatable bonds is 16. The molecule has 0 saturated heterocycles. The van der Waals surface area contributed by atoms with E-state index < -0.39 is 5.41 Å². The zero-order valence-corrected chi connectivity index (χ0v) is 40.4. The molecule has 10 heteroatoms. The SMILES string of the molecule is CCC(C)(C)C(=O)OC1CC2CC1C1C3CC(CC3C(=O)OCOCC3CC4CCC3C4)C21.CCC(C)C(=O)OC1CC2CC1C1C3CC(CC3C(=O)OCOCC3CC4CCC3C4)C21. The summed E-state index contributed by atoms with van der Waals surface area (Å²) in [4.78, 5) is 51.1. The van der Waals surface area contributed by atoms with Crippen LogP contribution in [0.5, 0.6) is 0 Å². The smallest absolute Gasteiger partial charge is 0.311 e. The van der Waals surface area contributed by atoms with Gasteiger partial charge in [0.25, 0.3) is 0 Å². The molecule has 12 saturated carbocycles. The maximum absolute atomic E-state index is 13.0. The molecule has 12 aliphatic rings. The van der Waals surface area contributed by atoms with Crippen LogP contribution >= 0.6 is 0 Å². The predicted octanol–water partition coefficient (Wildman–Crippen LogP) is 10.0. The quantitative estimate of drug-likeness (QED) is 0.0486. The Morgan fingerprint density at radius 3 is 1.42 bits per heavy atom. The molecule has 0 aromatic carbocycles. The standard InChI is InChI=1S/C28H42O5.C27H40O5/c1-4-28(2,3)27(30)33-23-12-18-11-22(23)25-20-9-17(24(18)25)10-21(20)26(29)32-14-31-13-19-8-15-5-6-16(19)7-15;1-3-14(2)26(28)32-23-11-18-10-22(23)25-20-8-17(24(18)25)9-21(20)27(29)31-13-30-12-19-7-15-4-5-16(19)6-15/h15-25H,4-14H2,1-3H3;14-25H,3-13H2,1-2H3. The Bertz CT molecular complexity index is 1800. The summed E-state index contributed by atoms with van der Waals surface area (Å²) >= 11 is 0. The lowest BCUT2D eigenvalue weighted by molar-refractivity contribution is -0.170. The molecule has 12 aliphatic carbocycles. The van der Waals surface area contributed by atoms with Gasteiger partial charge in [-0.3, -0.25) is 19.2 Å². The van der Waals surface area contributed by atoms with Crippen molar-refractivity contribution in [1.82, 2.24) is 0 Å². The summed E-state index contributed by atoms with van der Waals surface area (Å²) < 4.78 is 35.0. The van der Waals surface area contributed by atoms with Crippen LogP contribution in [0, 0.1) is 130 Å². The zero-order chi connectivity index (χ0) is 44.9. The maximum Gasteiger partial charge on any atom is 0.311 e. The van der Waals surface area contributed by atoms with Crippen LogP contribution in [-0.4, -0.2) is 62.9 Å². The average Bonchev–Trinajstić information content (AvgIpc) is 4.15. The summed E-state index contributed by atoms with van der Waals surface area (Å²) in [6, 6.07) is 0. The highest BCUT2D eigenvalue weighted by Crippen LogP contribution is 2.71. The Kier molecular flexibility index (Phi) is 12.5. The highest BCUT2D eigenvalue weighted by atomic mass is 16.7. The molecule has 0 radical (unpaired) electrons. The van der Waals surface area contributed by atoms with Crippen LogP contribution < -0.4 is 0 Å². The van der Waals surface area contributed by atoms with E-state index in [9.17, 15) is 19.2 Å². The number of fused-ring (bicyclic) bond motifs is 22. The molecule has 65 heavy (non-hydrogen) atoms. The number of ether oxygens (including phenoxy) is 6. The van der Waals surface area contributed by atoms with Gasteiger partial charge < -0.3 is 28.4 Å². The molecule has 12 bridgehead atoms. The summed E-state index contributed by atoms with van der Waals surface area (Å²) in [5.74, 6) is 11.8. The largest absolute Gasteiger partial charge is 0.462 e. The molecule has 0 aliphatic heterocycles. The summed E-state index contributed by atoms with van der Waals surface area (Å²) in [7, 11) is 0. The van der Waals surface area contributed by atoms with Gasteiger partial charge in [0.15, 0.2) is 13.6 Å². The molecule has 0 amide bonds. The van der Waals surface area contributed by atoms with E-state index >= 15 is 0 Å². The molecular formula is C55H82O10. The van der Waals surface area contributed by atoms with Crippen molar-refractivity contribution in [1.29, 1.82) is 0 Å². The molecule has 0 aromatic rings. The third kappa shape index (κ3) is 8.14. The lowest BCUT2D eigenvalue weighted by atomic mass is 9.66. The van der Waals surface area contributed by atoms with Crippen molar-refractivity contribution in [2.24, 2.45) is 130 Å². The van der Waals surface area contributed by atoms with E-state index in [1.54, 1.807) is 0 Å². The van der Waals surface area contributed by atoms with E-state index in [1.165, 1.54) is 70.6 Å². The van der Waals surface area contributed by atoms with Crippen molar-refractivity contribution in [3.05, 3.63) is 0 Å². The summed E-state index contributed by atoms with van der Waals surface area (Å²) in [6.45, 7) is 11.7. The molecule has 10 nitrogen and oxygen atoms in total. The summed E-state index contributed by atoms with van der Waals surface area (Å²) in [6.07, 6.45) is 21.4. The second-order valence-electron chi connectivity index (χ2n) is 25.3. The first kappa shape index (κ1) is 45.3. The molecule has 23 unspecified atom stereocenters. The van der Waals surface area contributed by atoms with Gasteiger partial charge in [-0.25, -0.2) is 0 Å². The van der Waals surface area contributed by atoms with Gasteiger partial charge in [0, 0.05) is 0 Å². The molecular weight excluding hydrogens is 821 g/mol. The van der Waals surface area contributed by atoms with E-state index in [1.807, 2.05) is 34.6 Å². The second kappa shape index (κ2) is 18.0. The van der Waals surface area contributed by atoms with Gasteiger partial charge in [-0.2, -0.15) is 0 Å². The minimum Gasteiger partial charge on any atom is -0.462 e. The lowest BCUT2D eigenvalue weighted by Crippen LogP contribution is -2.43. The fourth-order valence-electron chi connectivity index (χ4n) is 18.7. The van der Waals surface area contributed by atoms with Crippen molar-refractivity contribution in [2.45, 2.75) is 162 Å². The fourth-order valence-corrected chi connectivity index (χ4v) is 18.7. The Hall–Kier alpha value is -2.20. The molecule has 0 heterocycles. The van der Waals surface area contributed by atoms with E-state index in [-0.39, 0.29) is 67.4 Å². The van der Waals surface area contributed by atoms with Crippen molar-refractivity contribution in [3.8, 4) is 0 Å². The van der Waals surface area contributed by atoms with Gasteiger partial charge >= 0.3 is 23.9 Å². The minimum atomic E-state index is -0.416. The van der Waals surface area contributed by atoms with Crippen LogP contribution in [0.2, 0.25) is 0 Å². The van der Waals surface area contributed by atoms with E-state index in [4.69, 9.17) is 28.4 Å². The Morgan fingerprint density at radius 1 is 0.523 bits per heavy atom. The van der Waals surface area contributed by atoms with Crippen LogP contribution in [0.3, 0.4) is 0 Å². The molecule has 12 fully saturated rings. The van der Waals surface area contributed by atoms with Crippen molar-refractivity contribution >= 4 is 23.9 Å². The maximum atomic E-state index is 13.0. The van der Waals surface area contributed by atoms with Gasteiger partial charge in [-0.05, 0) is 223 Å². The molecule has 23 atom stereocenters. The summed E-state index contributed by atoms with van der Waals surface area (Å²) in [5, 5.41) is 0. The van der Waals surface area contributed by atoms with Crippen LogP contribution in [0.15, 0.2) is 0 Å². The number of hydrogen-bond acceptors (Lipinski definition) is 10. The van der Waals surface area contributed by atoms with Crippen LogP contribution in [0.1, 0.15) is 150 Å². The van der Waals surface area contributed by atoms with Crippen molar-refractivity contribution in [2.75, 3.05) is 26.8 Å². The molecule has 0 aromatic heterocycles. The molecule has 0 spiro atoms. The third-order valence-electron chi connectivity index (χ3n) is 22.1. The Morgan fingerprint density at radius 2 is 0.985 bits per heavy atom. The van der Waals surface area contributed by atoms with Gasteiger partial charge in [0.1, 0.15) is 12.2 Å². The average molecular weight is 903 g/mol. The van der Waals surface area contributed by atoms with Crippen LogP contribution in [0.25, 0.3) is 0 Å². The van der Waals surface area contributed by atoms with Crippen LogP contribution in [0.4, 0.5) is 0 Å². The minimum absolute atomic E-state index is 0.0186. The van der Waals surface area contributed by atoms with Crippen LogP contribution in [-0.2, 0) is 47.6 Å². The highest BCUT2D eigenvalue weighted by Gasteiger charge is 2.68. The first-order valence-electron chi connectivity index (χ1n) is 27.3. The van der Waals surface area contributed by atoms with Gasteiger partial charge in [-0.1, -0.05) is 33.6 Å². The Balaban J connectivity index is 0.000000144. The number of carbonyl (C=O) groups excluding carboxylic acids is 4.